The molecule has 5 nitrogen and oxygen atoms in total. The van der Waals surface area contributed by atoms with Crippen LogP contribution in [0.15, 0.2) is 6.33 Å². The van der Waals surface area contributed by atoms with E-state index in [1.165, 1.54) is 17.7 Å². The second kappa shape index (κ2) is 6.60. The summed E-state index contributed by atoms with van der Waals surface area (Å²) in [6.07, 6.45) is 1.53. The monoisotopic (exact) mass is 321 g/mol. The third-order valence-electron chi connectivity index (χ3n) is 3.37. The van der Waals surface area contributed by atoms with Gasteiger partial charge in [0.2, 0.25) is 0 Å². The van der Waals surface area contributed by atoms with E-state index in [9.17, 15) is 9.90 Å². The lowest BCUT2D eigenvalue weighted by Gasteiger charge is -2.28. The topological polar surface area (TPSA) is 66.3 Å². The van der Waals surface area contributed by atoms with E-state index < -0.39 is 5.97 Å². The first-order chi connectivity index (χ1) is 10.3. The van der Waals surface area contributed by atoms with Crippen LogP contribution in [0.5, 0.6) is 0 Å². The van der Waals surface area contributed by atoms with Gasteiger partial charge in [-0.1, -0.05) is 27.7 Å². The Balaban J connectivity index is 2.58. The molecule has 0 amide bonds. The summed E-state index contributed by atoms with van der Waals surface area (Å²) >= 11 is 1.22. The SMILES string of the molecule is Cc1c(C(=O)O)sc2ncnc(N(CC(C)C)CC(C)C)c12. The summed E-state index contributed by atoms with van der Waals surface area (Å²) < 4.78 is 0. The summed E-state index contributed by atoms with van der Waals surface area (Å²) in [6.45, 7) is 12.3. The summed E-state index contributed by atoms with van der Waals surface area (Å²) in [4.78, 5) is 23.5. The van der Waals surface area contributed by atoms with Crippen molar-refractivity contribution in [3.8, 4) is 0 Å². The average molecular weight is 321 g/mol. The Kier molecular flexibility index (Phi) is 5.01. The molecule has 0 bridgehead atoms. The Morgan fingerprint density at radius 1 is 1.23 bits per heavy atom. The fourth-order valence-electron chi connectivity index (χ4n) is 2.63. The van der Waals surface area contributed by atoms with E-state index in [-0.39, 0.29) is 0 Å². The molecule has 120 valence electrons. The smallest absolute Gasteiger partial charge is 0.346 e. The molecule has 0 unspecified atom stereocenters. The lowest BCUT2D eigenvalue weighted by atomic mass is 10.1. The van der Waals surface area contributed by atoms with Gasteiger partial charge in [0, 0.05) is 13.1 Å². The van der Waals surface area contributed by atoms with Gasteiger partial charge in [-0.05, 0) is 24.3 Å². The molecule has 0 atom stereocenters. The van der Waals surface area contributed by atoms with Crippen LogP contribution in [0.2, 0.25) is 0 Å². The Morgan fingerprint density at radius 3 is 2.32 bits per heavy atom. The van der Waals surface area contributed by atoms with E-state index >= 15 is 0 Å². The zero-order valence-corrected chi connectivity index (χ0v) is 14.6. The molecule has 0 aliphatic carbocycles. The largest absolute Gasteiger partial charge is 0.477 e. The second-order valence-electron chi connectivity index (χ2n) is 6.43. The highest BCUT2D eigenvalue weighted by Gasteiger charge is 2.22. The van der Waals surface area contributed by atoms with Crippen molar-refractivity contribution in [1.29, 1.82) is 0 Å². The lowest BCUT2D eigenvalue weighted by molar-refractivity contribution is 0.0701. The fraction of sp³-hybridized carbons (Fsp3) is 0.562. The van der Waals surface area contributed by atoms with Crippen LogP contribution >= 0.6 is 11.3 Å². The molecule has 2 rings (SSSR count). The maximum Gasteiger partial charge on any atom is 0.346 e. The standard InChI is InChI=1S/C16H23N3O2S/c1-9(2)6-19(7-10(3)4)14-12-11(5)13(16(20)21)22-15(12)18-8-17-14/h8-10H,6-7H2,1-5H3,(H,20,21). The zero-order chi connectivity index (χ0) is 16.4. The molecule has 0 saturated carbocycles. The van der Waals surface area contributed by atoms with E-state index in [0.29, 0.717) is 16.7 Å². The minimum Gasteiger partial charge on any atom is -0.477 e. The molecule has 2 aromatic heterocycles. The van der Waals surface area contributed by atoms with Crippen LogP contribution in [-0.2, 0) is 0 Å². The van der Waals surface area contributed by atoms with Crippen molar-refractivity contribution in [1.82, 2.24) is 9.97 Å². The average Bonchev–Trinajstić information content (AvgIpc) is 2.75. The second-order valence-corrected chi connectivity index (χ2v) is 7.43. The number of carboxylic acid groups (broad SMARTS) is 1. The Morgan fingerprint density at radius 2 is 1.82 bits per heavy atom. The number of rotatable bonds is 6. The van der Waals surface area contributed by atoms with Gasteiger partial charge in [-0.15, -0.1) is 11.3 Å². The van der Waals surface area contributed by atoms with Gasteiger partial charge in [0.15, 0.2) is 0 Å². The highest BCUT2D eigenvalue weighted by molar-refractivity contribution is 7.20. The number of thiophene rings is 1. The summed E-state index contributed by atoms with van der Waals surface area (Å²) in [6, 6.07) is 0. The highest BCUT2D eigenvalue weighted by atomic mass is 32.1. The number of fused-ring (bicyclic) bond motifs is 1. The molecule has 0 saturated heterocycles. The first-order valence-corrected chi connectivity index (χ1v) is 8.35. The van der Waals surface area contributed by atoms with Gasteiger partial charge in [-0.25, -0.2) is 14.8 Å². The maximum absolute atomic E-state index is 11.4. The minimum absolute atomic E-state index is 0.353. The normalized spacial score (nSPS) is 11.6. The van der Waals surface area contributed by atoms with Gasteiger partial charge in [-0.3, -0.25) is 0 Å². The molecular formula is C16H23N3O2S. The van der Waals surface area contributed by atoms with Crippen molar-refractivity contribution in [3.63, 3.8) is 0 Å². The predicted molar refractivity (Wildman–Crippen MR) is 91.0 cm³/mol. The van der Waals surface area contributed by atoms with Crippen molar-refractivity contribution >= 4 is 33.3 Å². The van der Waals surface area contributed by atoms with Gasteiger partial charge in [0.25, 0.3) is 0 Å². The first-order valence-electron chi connectivity index (χ1n) is 7.53. The van der Waals surface area contributed by atoms with E-state index in [2.05, 4.69) is 42.6 Å². The summed E-state index contributed by atoms with van der Waals surface area (Å²) in [7, 11) is 0. The predicted octanol–water partition coefficient (Wildman–Crippen LogP) is 3.82. The summed E-state index contributed by atoms with van der Waals surface area (Å²) in [5, 5.41) is 10.2. The third kappa shape index (κ3) is 3.38. The fourth-order valence-corrected chi connectivity index (χ4v) is 3.61. The van der Waals surface area contributed by atoms with Gasteiger partial charge in [-0.2, -0.15) is 0 Å². The summed E-state index contributed by atoms with van der Waals surface area (Å²) in [5.74, 6) is 0.961. The van der Waals surface area contributed by atoms with E-state index in [1.807, 2.05) is 6.92 Å². The maximum atomic E-state index is 11.4. The lowest BCUT2D eigenvalue weighted by Crippen LogP contribution is -2.32. The third-order valence-corrected chi connectivity index (χ3v) is 4.56. The molecule has 0 radical (unpaired) electrons. The molecule has 22 heavy (non-hydrogen) atoms. The molecule has 0 aliphatic rings. The van der Waals surface area contributed by atoms with Crippen molar-refractivity contribution in [2.24, 2.45) is 11.8 Å². The van der Waals surface area contributed by atoms with Crippen LogP contribution in [-0.4, -0.2) is 34.1 Å². The van der Waals surface area contributed by atoms with Gasteiger partial charge in [0.05, 0.1) is 5.39 Å². The Labute approximate surface area is 135 Å². The van der Waals surface area contributed by atoms with Crippen molar-refractivity contribution in [2.45, 2.75) is 34.6 Å². The minimum atomic E-state index is -0.897. The van der Waals surface area contributed by atoms with Gasteiger partial charge < -0.3 is 10.0 Å². The highest BCUT2D eigenvalue weighted by Crippen LogP contribution is 2.35. The molecule has 0 spiro atoms. The zero-order valence-electron chi connectivity index (χ0n) is 13.8. The number of carboxylic acids is 1. The number of nitrogens with zero attached hydrogens (tertiary/aromatic N) is 3. The molecule has 1 N–H and O–H groups in total. The van der Waals surface area contributed by atoms with Crippen LogP contribution in [0.25, 0.3) is 10.2 Å². The van der Waals surface area contributed by atoms with Gasteiger partial charge in [0.1, 0.15) is 21.9 Å². The van der Waals surface area contributed by atoms with E-state index in [0.717, 1.165) is 34.7 Å². The molecule has 2 heterocycles. The van der Waals surface area contributed by atoms with Gasteiger partial charge >= 0.3 is 5.97 Å². The number of hydrogen-bond acceptors (Lipinski definition) is 5. The number of anilines is 1. The quantitative estimate of drug-likeness (QED) is 0.876. The Hall–Kier alpha value is -1.69. The number of aromatic carboxylic acids is 1. The number of aromatic nitrogens is 2. The van der Waals surface area contributed by atoms with Crippen LogP contribution in [0.1, 0.15) is 42.9 Å². The van der Waals surface area contributed by atoms with Crippen molar-refractivity contribution < 1.29 is 9.90 Å². The molecule has 2 aromatic rings. The van der Waals surface area contributed by atoms with Crippen LogP contribution in [0.4, 0.5) is 5.82 Å². The van der Waals surface area contributed by atoms with Crippen molar-refractivity contribution in [3.05, 3.63) is 16.8 Å². The van der Waals surface area contributed by atoms with E-state index in [4.69, 9.17) is 0 Å². The van der Waals surface area contributed by atoms with Crippen LogP contribution < -0.4 is 4.90 Å². The molecule has 6 heteroatoms. The number of aryl methyl sites for hydroxylation is 1. The molecule has 0 aliphatic heterocycles. The molecule has 0 fully saturated rings. The van der Waals surface area contributed by atoms with E-state index in [1.54, 1.807) is 0 Å². The van der Waals surface area contributed by atoms with Crippen LogP contribution in [0, 0.1) is 18.8 Å². The van der Waals surface area contributed by atoms with Crippen LogP contribution in [0.3, 0.4) is 0 Å². The summed E-state index contributed by atoms with van der Waals surface area (Å²) in [5.41, 5.74) is 0.764. The molecular weight excluding hydrogens is 298 g/mol. The number of hydrogen-bond donors (Lipinski definition) is 1. The van der Waals surface area contributed by atoms with Crippen molar-refractivity contribution in [2.75, 3.05) is 18.0 Å². The number of carbonyl (C=O) groups is 1. The first kappa shape index (κ1) is 16.7. The Bertz CT molecular complexity index is 669. The molecule has 0 aromatic carbocycles.